The highest BCUT2D eigenvalue weighted by Gasteiger charge is 2.16. The summed E-state index contributed by atoms with van der Waals surface area (Å²) in [6.07, 6.45) is 0. The van der Waals surface area contributed by atoms with Crippen molar-refractivity contribution in [2.75, 3.05) is 0 Å². The molecule has 0 amide bonds. The van der Waals surface area contributed by atoms with E-state index in [0.29, 0.717) is 0 Å². The largest absolute Gasteiger partial charge is 0.456 e. The summed E-state index contributed by atoms with van der Waals surface area (Å²) in [4.78, 5) is 0. The van der Waals surface area contributed by atoms with Crippen LogP contribution >= 0.6 is 0 Å². The Morgan fingerprint density at radius 1 is 0.356 bits per heavy atom. The first-order chi connectivity index (χ1) is 22.3. The van der Waals surface area contributed by atoms with Gasteiger partial charge in [0, 0.05) is 43.6 Å². The van der Waals surface area contributed by atoms with Gasteiger partial charge in [0.25, 0.3) is 0 Å². The topological polar surface area (TPSA) is 31.2 Å². The van der Waals surface area contributed by atoms with Gasteiger partial charge in [-0.1, -0.05) is 97.1 Å². The molecule has 0 spiro atoms. The molecule has 10 aromatic rings. The van der Waals surface area contributed by atoms with E-state index < -0.39 is 0 Å². The van der Waals surface area contributed by atoms with Crippen LogP contribution in [0.4, 0.5) is 0 Å². The summed E-state index contributed by atoms with van der Waals surface area (Å²) in [5.74, 6) is 0. The Labute approximate surface area is 258 Å². The maximum Gasteiger partial charge on any atom is 0.143 e. The van der Waals surface area contributed by atoms with E-state index in [-0.39, 0.29) is 0 Å². The van der Waals surface area contributed by atoms with Crippen LogP contribution in [0.2, 0.25) is 0 Å². The maximum absolute atomic E-state index is 6.33. The van der Waals surface area contributed by atoms with Gasteiger partial charge in [0.2, 0.25) is 0 Å². The summed E-state index contributed by atoms with van der Waals surface area (Å²) < 4.78 is 14.8. The fourth-order valence-electron chi connectivity index (χ4n) is 7.10. The third-order valence-electron chi connectivity index (χ3n) is 9.22. The number of nitrogens with zero attached hydrogens (tertiary/aromatic N) is 1. The summed E-state index contributed by atoms with van der Waals surface area (Å²) in [5.41, 5.74) is 11.8. The quantitative estimate of drug-likeness (QED) is 0.210. The van der Waals surface area contributed by atoms with Crippen LogP contribution in [0.1, 0.15) is 0 Å². The molecule has 3 aromatic heterocycles. The molecule has 0 saturated heterocycles. The lowest BCUT2D eigenvalue weighted by atomic mass is 10.0. The molecule has 0 N–H and O–H groups in total. The van der Waals surface area contributed by atoms with Gasteiger partial charge in [-0.2, -0.15) is 0 Å². The number of fused-ring (bicyclic) bond motifs is 9. The van der Waals surface area contributed by atoms with Gasteiger partial charge in [-0.15, -0.1) is 0 Å². The molecule has 0 fully saturated rings. The molecule has 210 valence electrons. The van der Waals surface area contributed by atoms with Crippen LogP contribution in [0.15, 0.2) is 160 Å². The molecular weight excluding hydrogens is 550 g/mol. The number of aromatic nitrogens is 1. The van der Waals surface area contributed by atoms with E-state index >= 15 is 0 Å². The molecule has 3 heteroatoms. The lowest BCUT2D eigenvalue weighted by molar-refractivity contribution is 0.669. The van der Waals surface area contributed by atoms with Gasteiger partial charge in [0.15, 0.2) is 0 Å². The summed E-state index contributed by atoms with van der Waals surface area (Å²) in [5, 5.41) is 7.05. The smallest absolute Gasteiger partial charge is 0.143 e. The highest BCUT2D eigenvalue weighted by Crippen LogP contribution is 2.39. The first-order valence-corrected chi connectivity index (χ1v) is 15.3. The lowest BCUT2D eigenvalue weighted by Crippen LogP contribution is -1.93. The normalized spacial score (nSPS) is 12.0. The number of hydrogen-bond donors (Lipinski definition) is 0. The van der Waals surface area contributed by atoms with Gasteiger partial charge in [0.05, 0.1) is 11.0 Å². The lowest BCUT2D eigenvalue weighted by Gasteiger charge is -2.10. The predicted molar refractivity (Wildman–Crippen MR) is 186 cm³/mol. The molecule has 3 nitrogen and oxygen atoms in total. The van der Waals surface area contributed by atoms with E-state index in [1.165, 1.54) is 32.9 Å². The minimum Gasteiger partial charge on any atom is -0.456 e. The average molecular weight is 576 g/mol. The molecule has 7 aromatic carbocycles. The third kappa shape index (κ3) is 3.58. The Kier molecular flexibility index (Phi) is 5.00. The van der Waals surface area contributed by atoms with Crippen molar-refractivity contribution >= 4 is 65.7 Å². The standard InChI is InChI=1S/C42H25NO2/c1-4-13-37-31(8-1)35-24-27(28-19-23-41-36(25-28)33-10-3-5-14-39(33)44-41)18-22-38(35)43(37)29-20-16-26(17-21-29)30-11-7-12-34-32-9-2-6-15-40(32)45-42(30)34/h1-25H. The van der Waals surface area contributed by atoms with Crippen LogP contribution < -0.4 is 0 Å². The predicted octanol–water partition coefficient (Wildman–Crippen LogP) is 11.9. The van der Waals surface area contributed by atoms with E-state index in [0.717, 1.165) is 60.7 Å². The van der Waals surface area contributed by atoms with Crippen molar-refractivity contribution < 1.29 is 8.83 Å². The molecule has 0 saturated carbocycles. The second kappa shape index (κ2) is 9.22. The Morgan fingerprint density at radius 3 is 1.76 bits per heavy atom. The molecule has 0 bridgehead atoms. The molecule has 3 heterocycles. The Balaban J connectivity index is 1.10. The number of rotatable bonds is 3. The second-order valence-electron chi connectivity index (χ2n) is 11.7. The zero-order valence-corrected chi connectivity index (χ0v) is 24.2. The van der Waals surface area contributed by atoms with Crippen LogP contribution in [0.5, 0.6) is 0 Å². The van der Waals surface area contributed by atoms with Crippen molar-refractivity contribution in [2.24, 2.45) is 0 Å². The van der Waals surface area contributed by atoms with Crippen molar-refractivity contribution in [3.63, 3.8) is 0 Å². The molecule has 10 rings (SSSR count). The highest BCUT2D eigenvalue weighted by molar-refractivity contribution is 6.12. The van der Waals surface area contributed by atoms with Gasteiger partial charge in [0.1, 0.15) is 22.3 Å². The van der Waals surface area contributed by atoms with Gasteiger partial charge in [-0.25, -0.2) is 0 Å². The fraction of sp³-hybridized carbons (Fsp3) is 0. The molecule has 0 aliphatic rings. The van der Waals surface area contributed by atoms with E-state index in [4.69, 9.17) is 8.83 Å². The SMILES string of the molecule is c1ccc2c(c1)oc1ccc(-c3ccc4c(c3)c3ccccc3n4-c3ccc(-c4cccc5c4oc4ccccc45)cc3)cc12. The summed E-state index contributed by atoms with van der Waals surface area (Å²) in [7, 11) is 0. The summed E-state index contributed by atoms with van der Waals surface area (Å²) in [6.45, 7) is 0. The molecule has 0 atom stereocenters. The number of para-hydroxylation sites is 4. The molecule has 45 heavy (non-hydrogen) atoms. The number of hydrogen-bond acceptors (Lipinski definition) is 2. The Hall–Kier alpha value is -6.06. The van der Waals surface area contributed by atoms with Gasteiger partial charge in [-0.3, -0.25) is 0 Å². The van der Waals surface area contributed by atoms with Crippen LogP contribution in [-0.4, -0.2) is 4.57 Å². The van der Waals surface area contributed by atoms with Crippen molar-refractivity contribution in [3.05, 3.63) is 152 Å². The molecule has 0 unspecified atom stereocenters. The fourth-order valence-corrected chi connectivity index (χ4v) is 7.10. The van der Waals surface area contributed by atoms with E-state index in [1.807, 2.05) is 24.3 Å². The van der Waals surface area contributed by atoms with Crippen LogP contribution in [0.3, 0.4) is 0 Å². The summed E-state index contributed by atoms with van der Waals surface area (Å²) >= 11 is 0. The van der Waals surface area contributed by atoms with Gasteiger partial charge in [-0.05, 0) is 71.3 Å². The highest BCUT2D eigenvalue weighted by atomic mass is 16.3. The van der Waals surface area contributed by atoms with Gasteiger partial charge >= 0.3 is 0 Å². The second-order valence-corrected chi connectivity index (χ2v) is 11.7. The monoisotopic (exact) mass is 575 g/mol. The van der Waals surface area contributed by atoms with E-state index in [1.54, 1.807) is 0 Å². The van der Waals surface area contributed by atoms with Crippen molar-refractivity contribution in [1.29, 1.82) is 0 Å². The first kappa shape index (κ1) is 24.4. The third-order valence-corrected chi connectivity index (χ3v) is 9.22. The molecular formula is C42H25NO2. The molecule has 0 aliphatic heterocycles. The van der Waals surface area contributed by atoms with Crippen molar-refractivity contribution in [3.8, 4) is 27.9 Å². The van der Waals surface area contributed by atoms with E-state index in [9.17, 15) is 0 Å². The van der Waals surface area contributed by atoms with Crippen LogP contribution in [0.25, 0.3) is 93.6 Å². The van der Waals surface area contributed by atoms with Crippen LogP contribution in [0, 0.1) is 0 Å². The minimum absolute atomic E-state index is 0.914. The number of furan rings is 2. The molecule has 0 aliphatic carbocycles. The van der Waals surface area contributed by atoms with Crippen molar-refractivity contribution in [1.82, 2.24) is 4.57 Å². The molecule has 0 radical (unpaired) electrons. The maximum atomic E-state index is 6.33. The average Bonchev–Trinajstić information content (AvgIpc) is 3.77. The van der Waals surface area contributed by atoms with Gasteiger partial charge < -0.3 is 13.4 Å². The number of benzene rings is 7. The first-order valence-electron chi connectivity index (χ1n) is 15.3. The minimum atomic E-state index is 0.914. The van der Waals surface area contributed by atoms with Crippen LogP contribution in [-0.2, 0) is 0 Å². The zero-order chi connectivity index (χ0) is 29.5. The van der Waals surface area contributed by atoms with Crippen molar-refractivity contribution in [2.45, 2.75) is 0 Å². The zero-order valence-electron chi connectivity index (χ0n) is 24.2. The Morgan fingerprint density at radius 2 is 0.933 bits per heavy atom. The summed E-state index contributed by atoms with van der Waals surface area (Å²) in [6, 6.07) is 53.7. The Bertz CT molecular complexity index is 2760. The van der Waals surface area contributed by atoms with E-state index in [2.05, 4.69) is 132 Å².